The van der Waals surface area contributed by atoms with Gasteiger partial charge in [-0.25, -0.2) is 4.98 Å². The summed E-state index contributed by atoms with van der Waals surface area (Å²) in [6.07, 6.45) is 3.85. The summed E-state index contributed by atoms with van der Waals surface area (Å²) < 4.78 is 0. The average molecular weight is 287 g/mol. The predicted molar refractivity (Wildman–Crippen MR) is 81.9 cm³/mol. The van der Waals surface area contributed by atoms with E-state index in [0.29, 0.717) is 0 Å². The number of hydrogen-bond donors (Lipinski definition) is 2. The summed E-state index contributed by atoms with van der Waals surface area (Å²) in [7, 11) is 0. The third-order valence-corrected chi connectivity index (χ3v) is 4.24. The third kappa shape index (κ3) is 3.17. The molecule has 104 valence electrons. The number of aromatic nitrogens is 1. The maximum absolute atomic E-state index is 11.8. The highest BCUT2D eigenvalue weighted by Crippen LogP contribution is 2.30. The molecule has 1 aromatic heterocycles. The SMILES string of the molecule is CC(Nc1cccc(NC(=O)C2CC2)c1)c1nccs1. The number of rotatable bonds is 5. The monoisotopic (exact) mass is 287 g/mol. The smallest absolute Gasteiger partial charge is 0.227 e. The van der Waals surface area contributed by atoms with Crippen LogP contribution < -0.4 is 10.6 Å². The van der Waals surface area contributed by atoms with Crippen molar-refractivity contribution >= 4 is 28.6 Å². The van der Waals surface area contributed by atoms with Gasteiger partial charge in [-0.15, -0.1) is 11.3 Å². The Bertz CT molecular complexity index is 593. The summed E-state index contributed by atoms with van der Waals surface area (Å²) in [4.78, 5) is 16.1. The number of anilines is 2. The van der Waals surface area contributed by atoms with Gasteiger partial charge in [0.15, 0.2) is 0 Å². The van der Waals surface area contributed by atoms with Crippen molar-refractivity contribution < 1.29 is 4.79 Å². The normalized spacial score (nSPS) is 15.7. The zero-order valence-electron chi connectivity index (χ0n) is 11.3. The van der Waals surface area contributed by atoms with Gasteiger partial charge in [0.1, 0.15) is 5.01 Å². The van der Waals surface area contributed by atoms with E-state index in [1.165, 1.54) is 0 Å². The van der Waals surface area contributed by atoms with E-state index in [-0.39, 0.29) is 17.9 Å². The Morgan fingerprint density at radius 2 is 2.20 bits per heavy atom. The Hall–Kier alpha value is -1.88. The second kappa shape index (κ2) is 5.63. The molecule has 1 atom stereocenters. The van der Waals surface area contributed by atoms with Gasteiger partial charge in [-0.05, 0) is 38.0 Å². The summed E-state index contributed by atoms with van der Waals surface area (Å²) in [5, 5.41) is 9.38. The molecule has 1 saturated carbocycles. The first-order valence-electron chi connectivity index (χ1n) is 6.79. The van der Waals surface area contributed by atoms with Crippen LogP contribution in [-0.2, 0) is 4.79 Å². The summed E-state index contributed by atoms with van der Waals surface area (Å²) in [5.41, 5.74) is 1.83. The molecule has 5 heteroatoms. The molecule has 2 aromatic rings. The van der Waals surface area contributed by atoms with Crippen molar-refractivity contribution in [2.75, 3.05) is 10.6 Å². The van der Waals surface area contributed by atoms with Gasteiger partial charge in [0.25, 0.3) is 0 Å². The van der Waals surface area contributed by atoms with Crippen LogP contribution in [0.2, 0.25) is 0 Å². The molecule has 0 bridgehead atoms. The van der Waals surface area contributed by atoms with Crippen molar-refractivity contribution in [3.63, 3.8) is 0 Å². The van der Waals surface area contributed by atoms with Gasteiger partial charge < -0.3 is 10.6 Å². The fourth-order valence-corrected chi connectivity index (χ4v) is 2.68. The lowest BCUT2D eigenvalue weighted by molar-refractivity contribution is -0.117. The zero-order valence-corrected chi connectivity index (χ0v) is 12.1. The predicted octanol–water partition coefficient (Wildman–Crippen LogP) is 3.66. The van der Waals surface area contributed by atoms with E-state index in [0.717, 1.165) is 29.2 Å². The standard InChI is InChI=1S/C15H17N3OS/c1-10(15-16-7-8-20-15)17-12-3-2-4-13(9-12)18-14(19)11-5-6-11/h2-4,7-11,17H,5-6H2,1H3,(H,18,19). The van der Waals surface area contributed by atoms with Crippen molar-refractivity contribution in [2.45, 2.75) is 25.8 Å². The largest absolute Gasteiger partial charge is 0.376 e. The van der Waals surface area contributed by atoms with Crippen LogP contribution in [0.15, 0.2) is 35.8 Å². The molecule has 1 aliphatic rings. The molecule has 20 heavy (non-hydrogen) atoms. The molecule has 0 saturated heterocycles. The Labute approximate surface area is 122 Å². The van der Waals surface area contributed by atoms with E-state index in [9.17, 15) is 4.79 Å². The number of benzene rings is 1. The van der Waals surface area contributed by atoms with Crippen LogP contribution in [0.3, 0.4) is 0 Å². The lowest BCUT2D eigenvalue weighted by Gasteiger charge is -2.14. The summed E-state index contributed by atoms with van der Waals surface area (Å²) in [6, 6.07) is 7.98. The van der Waals surface area contributed by atoms with Crippen molar-refractivity contribution in [1.82, 2.24) is 4.98 Å². The molecule has 4 nitrogen and oxygen atoms in total. The Balaban J connectivity index is 1.66. The summed E-state index contributed by atoms with van der Waals surface area (Å²) in [6.45, 7) is 2.08. The molecule has 1 unspecified atom stereocenters. The Morgan fingerprint density at radius 1 is 1.40 bits per heavy atom. The van der Waals surface area contributed by atoms with E-state index >= 15 is 0 Å². The lowest BCUT2D eigenvalue weighted by atomic mass is 10.2. The Morgan fingerprint density at radius 3 is 2.90 bits per heavy atom. The maximum Gasteiger partial charge on any atom is 0.227 e. The molecule has 0 spiro atoms. The molecule has 1 aliphatic carbocycles. The number of carbonyl (C=O) groups is 1. The second-order valence-electron chi connectivity index (χ2n) is 5.08. The number of thiazole rings is 1. The van der Waals surface area contributed by atoms with E-state index in [1.807, 2.05) is 35.8 Å². The molecule has 1 aromatic carbocycles. The molecule has 1 fully saturated rings. The van der Waals surface area contributed by atoms with Gasteiger partial charge in [-0.3, -0.25) is 4.79 Å². The third-order valence-electron chi connectivity index (χ3n) is 3.28. The van der Waals surface area contributed by atoms with Crippen LogP contribution in [0.1, 0.15) is 30.8 Å². The van der Waals surface area contributed by atoms with Crippen LogP contribution >= 0.6 is 11.3 Å². The van der Waals surface area contributed by atoms with Crippen LogP contribution in [0.4, 0.5) is 11.4 Å². The minimum atomic E-state index is 0.134. The molecule has 3 rings (SSSR count). The second-order valence-corrected chi connectivity index (χ2v) is 6.01. The van der Waals surface area contributed by atoms with Crippen LogP contribution in [0, 0.1) is 5.92 Å². The van der Waals surface area contributed by atoms with Crippen molar-refractivity contribution in [3.8, 4) is 0 Å². The van der Waals surface area contributed by atoms with Gasteiger partial charge in [-0.2, -0.15) is 0 Å². The van der Waals surface area contributed by atoms with E-state index in [4.69, 9.17) is 0 Å². The van der Waals surface area contributed by atoms with Crippen LogP contribution in [0.25, 0.3) is 0 Å². The first-order valence-corrected chi connectivity index (χ1v) is 7.67. The number of nitrogens with one attached hydrogen (secondary N) is 2. The fraction of sp³-hybridized carbons (Fsp3) is 0.333. The summed E-state index contributed by atoms with van der Waals surface area (Å²) >= 11 is 1.63. The van der Waals surface area contributed by atoms with E-state index in [2.05, 4.69) is 22.5 Å². The quantitative estimate of drug-likeness (QED) is 0.882. The van der Waals surface area contributed by atoms with Crippen molar-refractivity contribution in [2.24, 2.45) is 5.92 Å². The van der Waals surface area contributed by atoms with Crippen molar-refractivity contribution in [3.05, 3.63) is 40.8 Å². The minimum absolute atomic E-state index is 0.134. The number of amides is 1. The molecular weight excluding hydrogens is 270 g/mol. The van der Waals surface area contributed by atoms with E-state index in [1.54, 1.807) is 11.3 Å². The lowest BCUT2D eigenvalue weighted by Crippen LogP contribution is -2.13. The Kier molecular flexibility index (Phi) is 3.69. The topological polar surface area (TPSA) is 54.0 Å². The van der Waals surface area contributed by atoms with Gasteiger partial charge in [0.2, 0.25) is 5.91 Å². The highest BCUT2D eigenvalue weighted by molar-refractivity contribution is 7.09. The van der Waals surface area contributed by atoms with Crippen LogP contribution in [0.5, 0.6) is 0 Å². The molecule has 1 amide bonds. The maximum atomic E-state index is 11.8. The average Bonchev–Trinajstić information content (AvgIpc) is 3.14. The molecule has 1 heterocycles. The first-order chi connectivity index (χ1) is 9.72. The van der Waals surface area contributed by atoms with Gasteiger partial charge in [0, 0.05) is 28.9 Å². The molecule has 0 aliphatic heterocycles. The molecule has 0 radical (unpaired) electrons. The summed E-state index contributed by atoms with van der Waals surface area (Å²) in [5.74, 6) is 0.357. The van der Waals surface area contributed by atoms with Gasteiger partial charge in [-0.1, -0.05) is 6.07 Å². The fourth-order valence-electron chi connectivity index (χ4n) is 2.04. The first kappa shape index (κ1) is 13.1. The minimum Gasteiger partial charge on any atom is -0.376 e. The zero-order chi connectivity index (χ0) is 13.9. The van der Waals surface area contributed by atoms with Crippen LogP contribution in [-0.4, -0.2) is 10.9 Å². The number of hydrogen-bond acceptors (Lipinski definition) is 4. The van der Waals surface area contributed by atoms with Gasteiger partial charge in [0.05, 0.1) is 6.04 Å². The highest BCUT2D eigenvalue weighted by atomic mass is 32.1. The van der Waals surface area contributed by atoms with Gasteiger partial charge >= 0.3 is 0 Å². The number of nitrogens with zero attached hydrogens (tertiary/aromatic N) is 1. The molecule has 2 N–H and O–H groups in total. The van der Waals surface area contributed by atoms with E-state index < -0.39 is 0 Å². The molecular formula is C15H17N3OS. The number of carbonyl (C=O) groups excluding carboxylic acids is 1. The highest BCUT2D eigenvalue weighted by Gasteiger charge is 2.29. The van der Waals surface area contributed by atoms with Crippen molar-refractivity contribution in [1.29, 1.82) is 0 Å².